The lowest BCUT2D eigenvalue weighted by molar-refractivity contribution is -0.123. The van der Waals surface area contributed by atoms with Crippen LogP contribution in [0.4, 0.5) is 4.79 Å². The third kappa shape index (κ3) is 5.88. The zero-order chi connectivity index (χ0) is 22.7. The number of nitrogens with zero attached hydrogens (tertiary/aromatic N) is 1. The standard InChI is InChI=1S/C25H25I2NO3S/c1-16-6-5-9-18(10-16)15-31-23-20(26)11-19(12-21(23)27)13-22-24(29)28(25(30)32-22)14-17-7-3-2-4-8-17/h5-6,9-13,17H,2-4,7-8,14-15H2,1H3/b22-13+. The minimum absolute atomic E-state index is 0.144. The monoisotopic (exact) mass is 673 g/mol. The smallest absolute Gasteiger partial charge is 0.293 e. The lowest BCUT2D eigenvalue weighted by Crippen LogP contribution is -2.34. The van der Waals surface area contributed by atoms with Gasteiger partial charge in [-0.3, -0.25) is 14.5 Å². The predicted molar refractivity (Wildman–Crippen MR) is 147 cm³/mol. The van der Waals surface area contributed by atoms with Gasteiger partial charge in [0.25, 0.3) is 11.1 Å². The number of carbonyl (C=O) groups is 2. The number of thioether (sulfide) groups is 1. The van der Waals surface area contributed by atoms with E-state index in [9.17, 15) is 9.59 Å². The van der Waals surface area contributed by atoms with E-state index >= 15 is 0 Å². The number of ether oxygens (including phenoxy) is 1. The topological polar surface area (TPSA) is 46.6 Å². The summed E-state index contributed by atoms with van der Waals surface area (Å²) in [6.45, 7) is 3.14. The molecule has 0 aromatic heterocycles. The van der Waals surface area contributed by atoms with E-state index in [1.54, 1.807) is 0 Å². The van der Waals surface area contributed by atoms with Crippen molar-refractivity contribution in [3.8, 4) is 5.75 Å². The summed E-state index contributed by atoms with van der Waals surface area (Å²) in [6, 6.07) is 12.3. The highest BCUT2D eigenvalue weighted by Crippen LogP contribution is 2.36. The average Bonchev–Trinajstić information content (AvgIpc) is 3.01. The van der Waals surface area contributed by atoms with Crippen molar-refractivity contribution in [1.29, 1.82) is 0 Å². The molecule has 0 spiro atoms. The maximum atomic E-state index is 12.9. The third-order valence-electron chi connectivity index (χ3n) is 5.82. The molecule has 0 N–H and O–H groups in total. The lowest BCUT2D eigenvalue weighted by Gasteiger charge is -2.25. The molecule has 4 nitrogen and oxygen atoms in total. The maximum absolute atomic E-state index is 12.9. The fourth-order valence-corrected chi connectivity index (χ4v) is 7.17. The van der Waals surface area contributed by atoms with E-state index in [-0.39, 0.29) is 11.1 Å². The Bertz CT molecular complexity index is 1040. The van der Waals surface area contributed by atoms with Crippen LogP contribution in [-0.2, 0) is 11.4 Å². The first-order valence-corrected chi connectivity index (χ1v) is 13.8. The summed E-state index contributed by atoms with van der Waals surface area (Å²) in [6.07, 6.45) is 7.72. The molecule has 2 aliphatic rings. The Morgan fingerprint density at radius 1 is 1.09 bits per heavy atom. The van der Waals surface area contributed by atoms with Gasteiger partial charge in [-0.05, 0) is 112 Å². The Morgan fingerprint density at radius 3 is 2.50 bits per heavy atom. The van der Waals surface area contributed by atoms with E-state index in [0.29, 0.717) is 24.0 Å². The molecule has 1 heterocycles. The molecule has 1 saturated carbocycles. The Balaban J connectivity index is 1.46. The van der Waals surface area contributed by atoms with Gasteiger partial charge in [0.05, 0.1) is 12.0 Å². The van der Waals surface area contributed by atoms with E-state index in [0.717, 1.165) is 48.6 Å². The van der Waals surface area contributed by atoms with E-state index in [4.69, 9.17) is 4.74 Å². The van der Waals surface area contributed by atoms with Gasteiger partial charge in [0.15, 0.2) is 0 Å². The number of rotatable bonds is 6. The normalized spacial score (nSPS) is 18.6. The molecule has 1 saturated heterocycles. The van der Waals surface area contributed by atoms with E-state index < -0.39 is 0 Å². The molecule has 0 bridgehead atoms. The number of benzene rings is 2. The molecule has 7 heteroatoms. The molecule has 0 unspecified atom stereocenters. The van der Waals surface area contributed by atoms with Crippen LogP contribution in [0.2, 0.25) is 0 Å². The minimum Gasteiger partial charge on any atom is -0.487 e. The van der Waals surface area contributed by atoms with Crippen molar-refractivity contribution in [2.24, 2.45) is 5.92 Å². The number of hydrogen-bond acceptors (Lipinski definition) is 4. The third-order valence-corrected chi connectivity index (χ3v) is 8.33. The van der Waals surface area contributed by atoms with Crippen LogP contribution in [0.25, 0.3) is 6.08 Å². The molecule has 2 amide bonds. The summed E-state index contributed by atoms with van der Waals surface area (Å²) in [7, 11) is 0. The first-order chi connectivity index (χ1) is 15.4. The van der Waals surface area contributed by atoms with Crippen molar-refractivity contribution >= 4 is 74.2 Å². The second kappa shape index (κ2) is 10.9. The largest absolute Gasteiger partial charge is 0.487 e. The van der Waals surface area contributed by atoms with Crippen LogP contribution >= 0.6 is 56.9 Å². The van der Waals surface area contributed by atoms with E-state index in [2.05, 4.69) is 70.3 Å². The number of carbonyl (C=O) groups excluding carboxylic acids is 2. The number of amides is 2. The van der Waals surface area contributed by atoms with Crippen molar-refractivity contribution in [3.63, 3.8) is 0 Å². The summed E-state index contributed by atoms with van der Waals surface area (Å²) in [5.41, 5.74) is 3.25. The zero-order valence-electron chi connectivity index (χ0n) is 17.9. The van der Waals surface area contributed by atoms with Gasteiger partial charge in [-0.2, -0.15) is 0 Å². The SMILES string of the molecule is Cc1cccc(COc2c(I)cc(/C=C3/SC(=O)N(CC4CCCCC4)C3=O)cc2I)c1. The minimum atomic E-state index is -0.157. The van der Waals surface area contributed by atoms with Crippen LogP contribution in [0, 0.1) is 20.0 Å². The summed E-state index contributed by atoms with van der Waals surface area (Å²) in [5, 5.41) is -0.144. The number of hydrogen-bond donors (Lipinski definition) is 0. The van der Waals surface area contributed by atoms with Crippen molar-refractivity contribution in [3.05, 3.63) is 65.1 Å². The van der Waals surface area contributed by atoms with Crippen LogP contribution in [0.5, 0.6) is 5.75 Å². The van der Waals surface area contributed by atoms with Crippen molar-refractivity contribution in [2.45, 2.75) is 45.6 Å². The fraction of sp³-hybridized carbons (Fsp3) is 0.360. The van der Waals surface area contributed by atoms with Gasteiger partial charge in [0.1, 0.15) is 12.4 Å². The van der Waals surface area contributed by atoms with Crippen molar-refractivity contribution in [2.75, 3.05) is 6.54 Å². The number of aryl methyl sites for hydroxylation is 1. The van der Waals surface area contributed by atoms with Gasteiger partial charge in [-0.15, -0.1) is 0 Å². The molecule has 2 fully saturated rings. The van der Waals surface area contributed by atoms with Crippen molar-refractivity contribution < 1.29 is 14.3 Å². The molecule has 168 valence electrons. The Kier molecular flexibility index (Phi) is 8.20. The fourth-order valence-electron chi connectivity index (χ4n) is 4.19. The molecule has 1 aliphatic heterocycles. The lowest BCUT2D eigenvalue weighted by atomic mass is 9.89. The maximum Gasteiger partial charge on any atom is 0.293 e. The molecule has 2 aromatic carbocycles. The second-order valence-corrected chi connectivity index (χ2v) is 11.7. The summed E-state index contributed by atoms with van der Waals surface area (Å²) in [4.78, 5) is 27.4. The molecular weight excluding hydrogens is 648 g/mol. The number of halogens is 2. The highest BCUT2D eigenvalue weighted by atomic mass is 127. The van der Waals surface area contributed by atoms with E-state index in [1.807, 2.05) is 24.3 Å². The Hall–Kier alpha value is -1.07. The van der Waals surface area contributed by atoms with Gasteiger partial charge >= 0.3 is 0 Å². The highest BCUT2D eigenvalue weighted by Gasteiger charge is 2.36. The Morgan fingerprint density at radius 2 is 1.81 bits per heavy atom. The van der Waals surface area contributed by atoms with Gasteiger partial charge < -0.3 is 4.74 Å². The van der Waals surface area contributed by atoms with Gasteiger partial charge in [0.2, 0.25) is 0 Å². The van der Waals surface area contributed by atoms with Crippen LogP contribution < -0.4 is 4.74 Å². The quantitative estimate of drug-likeness (QED) is 0.237. The second-order valence-electron chi connectivity index (χ2n) is 8.39. The molecule has 0 atom stereocenters. The van der Waals surface area contributed by atoms with Gasteiger partial charge in [-0.1, -0.05) is 49.1 Å². The highest BCUT2D eigenvalue weighted by molar-refractivity contribution is 14.1. The first-order valence-electron chi connectivity index (χ1n) is 10.8. The van der Waals surface area contributed by atoms with Gasteiger partial charge in [-0.25, -0.2) is 0 Å². The molecular formula is C25H25I2NO3S. The number of imide groups is 1. The summed E-state index contributed by atoms with van der Waals surface area (Å²) >= 11 is 5.59. The molecule has 4 rings (SSSR count). The molecule has 1 aliphatic carbocycles. The van der Waals surface area contributed by atoms with Crippen molar-refractivity contribution in [1.82, 2.24) is 4.90 Å². The van der Waals surface area contributed by atoms with Gasteiger partial charge in [0, 0.05) is 6.54 Å². The molecule has 32 heavy (non-hydrogen) atoms. The first kappa shape index (κ1) is 24.1. The average molecular weight is 673 g/mol. The molecule has 0 radical (unpaired) electrons. The summed E-state index contributed by atoms with van der Waals surface area (Å²) < 4.78 is 8.07. The predicted octanol–water partition coefficient (Wildman–Crippen LogP) is 7.40. The van der Waals surface area contributed by atoms with Crippen LogP contribution in [0.15, 0.2) is 41.3 Å². The summed E-state index contributed by atoms with van der Waals surface area (Å²) in [5.74, 6) is 1.13. The van der Waals surface area contributed by atoms with Crippen LogP contribution in [0.3, 0.4) is 0 Å². The van der Waals surface area contributed by atoms with Crippen LogP contribution in [0.1, 0.15) is 48.8 Å². The van der Waals surface area contributed by atoms with Crippen LogP contribution in [-0.4, -0.2) is 22.6 Å². The Labute approximate surface area is 220 Å². The van der Waals surface area contributed by atoms with E-state index in [1.165, 1.54) is 29.7 Å². The zero-order valence-corrected chi connectivity index (χ0v) is 23.0. The molecule has 2 aromatic rings.